The lowest BCUT2D eigenvalue weighted by molar-refractivity contribution is -0.137. The third kappa shape index (κ3) is 7.36. The number of halogens is 3. The molecule has 0 spiro atoms. The Hall–Kier alpha value is -2.27. The van der Waals surface area contributed by atoms with Gasteiger partial charge in [0, 0.05) is 18.2 Å². The van der Waals surface area contributed by atoms with E-state index in [0.29, 0.717) is 37.7 Å². The lowest BCUT2D eigenvalue weighted by atomic mass is 9.72. The van der Waals surface area contributed by atoms with Crippen LogP contribution in [0.5, 0.6) is 0 Å². The van der Waals surface area contributed by atoms with Gasteiger partial charge in [-0.15, -0.1) is 0 Å². The molecular weight excluding hydrogens is 475 g/mol. The standard InChI is InChI=1S/C27H36F3NO3S/c1-19(2)8-6-9-21-10-11-22(18-23(21)27(28,29)30)20-12-16-25(3,17-13-20)14-7-15-26(4,24(31)32)35(5,33)34/h10-12,18-19H,7-8,13-17H2,1-5H3,(H2,31,32)/t25-,26?/m0/s1. The van der Waals surface area contributed by atoms with Crippen molar-refractivity contribution in [2.24, 2.45) is 17.1 Å². The Labute approximate surface area is 207 Å². The van der Waals surface area contributed by atoms with Crippen molar-refractivity contribution in [1.29, 1.82) is 0 Å². The van der Waals surface area contributed by atoms with Gasteiger partial charge in [-0.2, -0.15) is 13.2 Å². The van der Waals surface area contributed by atoms with Crippen LogP contribution < -0.4 is 5.73 Å². The second kappa shape index (κ2) is 10.8. The van der Waals surface area contributed by atoms with Crippen molar-refractivity contribution in [2.45, 2.75) is 83.6 Å². The molecule has 2 N–H and O–H groups in total. The van der Waals surface area contributed by atoms with Crippen LogP contribution in [-0.4, -0.2) is 25.3 Å². The van der Waals surface area contributed by atoms with Crippen LogP contribution in [0.15, 0.2) is 24.3 Å². The molecule has 1 aromatic carbocycles. The van der Waals surface area contributed by atoms with Crippen LogP contribution in [0, 0.1) is 23.2 Å². The average molecular weight is 512 g/mol. The van der Waals surface area contributed by atoms with Crippen LogP contribution in [0.1, 0.15) is 89.3 Å². The van der Waals surface area contributed by atoms with Crippen LogP contribution in [0.2, 0.25) is 0 Å². The Morgan fingerprint density at radius 1 is 1.26 bits per heavy atom. The molecule has 35 heavy (non-hydrogen) atoms. The topological polar surface area (TPSA) is 77.2 Å². The number of carbonyl (C=O) groups excluding carboxylic acids is 1. The van der Waals surface area contributed by atoms with E-state index in [0.717, 1.165) is 18.2 Å². The largest absolute Gasteiger partial charge is 0.417 e. The lowest BCUT2D eigenvalue weighted by Gasteiger charge is -2.34. The van der Waals surface area contributed by atoms with Crippen LogP contribution in [0.3, 0.4) is 0 Å². The molecule has 0 heterocycles. The molecule has 0 saturated heterocycles. The van der Waals surface area contributed by atoms with E-state index in [4.69, 9.17) is 5.73 Å². The Morgan fingerprint density at radius 3 is 2.40 bits per heavy atom. The quantitative estimate of drug-likeness (QED) is 0.426. The predicted octanol–water partition coefficient (Wildman–Crippen LogP) is 6.14. The summed E-state index contributed by atoms with van der Waals surface area (Å²) in [7, 11) is -3.65. The highest BCUT2D eigenvalue weighted by molar-refractivity contribution is 7.92. The van der Waals surface area contributed by atoms with Gasteiger partial charge < -0.3 is 5.73 Å². The molecule has 8 heteroatoms. The first kappa shape index (κ1) is 29.0. The van der Waals surface area contributed by atoms with Gasteiger partial charge in [-0.25, -0.2) is 8.42 Å². The average Bonchev–Trinajstić information content (AvgIpc) is 2.72. The first-order chi connectivity index (χ1) is 16.0. The molecule has 0 aromatic heterocycles. The van der Waals surface area contributed by atoms with Crippen molar-refractivity contribution < 1.29 is 26.4 Å². The number of benzene rings is 1. The number of hydrogen-bond acceptors (Lipinski definition) is 3. The van der Waals surface area contributed by atoms with Crippen LogP contribution >= 0.6 is 0 Å². The van der Waals surface area contributed by atoms with E-state index in [1.807, 2.05) is 19.9 Å². The number of nitrogens with two attached hydrogens (primary N) is 1. The molecule has 0 saturated carbocycles. The normalized spacial score (nSPS) is 20.5. The summed E-state index contributed by atoms with van der Waals surface area (Å²) in [4.78, 5) is 11.8. The summed E-state index contributed by atoms with van der Waals surface area (Å²) in [6.07, 6.45) is 2.40. The summed E-state index contributed by atoms with van der Waals surface area (Å²) in [5.41, 5.74) is 5.93. The first-order valence-electron chi connectivity index (χ1n) is 11.9. The zero-order valence-electron chi connectivity index (χ0n) is 21.2. The molecule has 0 aliphatic heterocycles. The Kier molecular flexibility index (Phi) is 8.92. The lowest BCUT2D eigenvalue weighted by Crippen LogP contribution is -2.47. The van der Waals surface area contributed by atoms with Crippen molar-refractivity contribution in [3.8, 4) is 11.8 Å². The fraction of sp³-hybridized carbons (Fsp3) is 0.593. The van der Waals surface area contributed by atoms with Gasteiger partial charge in [-0.1, -0.05) is 51.2 Å². The van der Waals surface area contributed by atoms with E-state index in [1.165, 1.54) is 19.1 Å². The molecule has 0 radical (unpaired) electrons. The Bertz CT molecular complexity index is 1140. The fourth-order valence-electron chi connectivity index (χ4n) is 4.28. The van der Waals surface area contributed by atoms with E-state index >= 15 is 0 Å². The van der Waals surface area contributed by atoms with E-state index in [1.54, 1.807) is 6.07 Å². The summed E-state index contributed by atoms with van der Waals surface area (Å²) in [5.74, 6) is 4.95. The van der Waals surface area contributed by atoms with Gasteiger partial charge in [0.15, 0.2) is 9.84 Å². The highest BCUT2D eigenvalue weighted by atomic mass is 32.2. The monoisotopic (exact) mass is 511 g/mol. The molecule has 0 bridgehead atoms. The van der Waals surface area contributed by atoms with Gasteiger partial charge in [0.1, 0.15) is 4.75 Å². The number of sulfone groups is 1. The highest BCUT2D eigenvalue weighted by Gasteiger charge is 2.42. The maximum absolute atomic E-state index is 13.7. The van der Waals surface area contributed by atoms with Gasteiger partial charge in [0.25, 0.3) is 0 Å². The molecule has 1 unspecified atom stereocenters. The van der Waals surface area contributed by atoms with E-state index in [-0.39, 0.29) is 23.3 Å². The van der Waals surface area contributed by atoms with E-state index < -0.39 is 32.2 Å². The summed E-state index contributed by atoms with van der Waals surface area (Å²) in [6, 6.07) is 4.35. The third-order valence-corrected chi connectivity index (χ3v) is 9.08. The van der Waals surface area contributed by atoms with Crippen LogP contribution in [0.25, 0.3) is 5.57 Å². The van der Waals surface area contributed by atoms with Gasteiger partial charge in [-0.05, 0) is 73.6 Å². The SMILES string of the molecule is CC(C)CC#Cc1ccc(C2=CC[C@](C)(CCCC(C)(C(N)=O)S(C)(=O)=O)CC2)cc1C(F)(F)F. The van der Waals surface area contributed by atoms with Crippen molar-refractivity contribution >= 4 is 21.3 Å². The molecule has 2 atom stereocenters. The molecule has 2 rings (SSSR count). The summed E-state index contributed by atoms with van der Waals surface area (Å²) in [5, 5.41) is 0. The maximum Gasteiger partial charge on any atom is 0.417 e. The fourth-order valence-corrected chi connectivity index (χ4v) is 5.16. The number of carbonyl (C=O) groups is 1. The van der Waals surface area contributed by atoms with Gasteiger partial charge >= 0.3 is 6.18 Å². The van der Waals surface area contributed by atoms with Crippen molar-refractivity contribution in [1.82, 2.24) is 0 Å². The minimum atomic E-state index is -4.49. The Balaban J connectivity index is 2.17. The van der Waals surface area contributed by atoms with Gasteiger partial charge in [-0.3, -0.25) is 4.79 Å². The second-order valence-corrected chi connectivity index (χ2v) is 13.1. The third-order valence-electron chi connectivity index (χ3n) is 7.04. The second-order valence-electron chi connectivity index (χ2n) is 10.6. The predicted molar refractivity (Wildman–Crippen MR) is 134 cm³/mol. The minimum Gasteiger partial charge on any atom is -0.368 e. The molecule has 0 fully saturated rings. The van der Waals surface area contributed by atoms with Crippen LogP contribution in [0.4, 0.5) is 13.2 Å². The van der Waals surface area contributed by atoms with Crippen molar-refractivity contribution in [3.63, 3.8) is 0 Å². The molecule has 194 valence electrons. The number of amides is 1. The summed E-state index contributed by atoms with van der Waals surface area (Å²) < 4.78 is 63.7. The summed E-state index contributed by atoms with van der Waals surface area (Å²) in [6.45, 7) is 7.37. The van der Waals surface area contributed by atoms with Gasteiger partial charge in [0.05, 0.1) is 5.56 Å². The van der Waals surface area contributed by atoms with E-state index in [2.05, 4.69) is 18.8 Å². The van der Waals surface area contributed by atoms with E-state index in [9.17, 15) is 26.4 Å². The number of alkyl halides is 3. The number of hydrogen-bond donors (Lipinski definition) is 1. The molecule has 1 aliphatic carbocycles. The Morgan fingerprint density at radius 2 is 1.91 bits per heavy atom. The van der Waals surface area contributed by atoms with Crippen molar-refractivity contribution in [2.75, 3.05) is 6.26 Å². The zero-order chi connectivity index (χ0) is 26.7. The molecular formula is C27H36F3NO3S. The number of primary amides is 1. The van der Waals surface area contributed by atoms with Crippen LogP contribution in [-0.2, 0) is 20.8 Å². The van der Waals surface area contributed by atoms with Gasteiger partial charge in [0.2, 0.25) is 5.91 Å². The van der Waals surface area contributed by atoms with Crippen molar-refractivity contribution in [3.05, 3.63) is 41.0 Å². The number of allylic oxidation sites excluding steroid dienone is 2. The zero-order valence-corrected chi connectivity index (χ0v) is 22.0. The molecule has 1 amide bonds. The highest BCUT2D eigenvalue weighted by Crippen LogP contribution is 2.43. The first-order valence-corrected chi connectivity index (χ1v) is 13.8. The maximum atomic E-state index is 13.7. The summed E-state index contributed by atoms with van der Waals surface area (Å²) >= 11 is 0. The number of rotatable bonds is 8. The molecule has 1 aromatic rings. The molecule has 1 aliphatic rings. The molecule has 4 nitrogen and oxygen atoms in total. The minimum absolute atomic E-state index is 0.00785. The smallest absolute Gasteiger partial charge is 0.368 e.